The third-order valence-electron chi connectivity index (χ3n) is 4.00. The monoisotopic (exact) mass is 319 g/mol. The van der Waals surface area contributed by atoms with Crippen LogP contribution in [0.1, 0.15) is 45.6 Å². The van der Waals surface area contributed by atoms with Crippen LogP contribution >= 0.6 is 22.9 Å². The van der Waals surface area contributed by atoms with Gasteiger partial charge in [0.15, 0.2) is 0 Å². The summed E-state index contributed by atoms with van der Waals surface area (Å²) < 4.78 is 0. The maximum absolute atomic E-state index is 12.6. The lowest BCUT2D eigenvalue weighted by Gasteiger charge is -2.09. The summed E-state index contributed by atoms with van der Waals surface area (Å²) in [4.78, 5) is 14.0. The van der Waals surface area contributed by atoms with Gasteiger partial charge in [-0.05, 0) is 55.9 Å². The van der Waals surface area contributed by atoms with Crippen LogP contribution in [0.2, 0.25) is 5.02 Å². The molecule has 0 spiro atoms. The van der Waals surface area contributed by atoms with E-state index >= 15 is 0 Å². The Morgan fingerprint density at radius 1 is 1.24 bits per heavy atom. The molecule has 21 heavy (non-hydrogen) atoms. The Balaban J connectivity index is 1.86. The fraction of sp³-hybridized carbons (Fsp3) is 0.353. The van der Waals surface area contributed by atoms with E-state index in [0.29, 0.717) is 5.02 Å². The number of aryl methyl sites for hydroxylation is 2. The van der Waals surface area contributed by atoms with Crippen LogP contribution in [0, 0.1) is 6.92 Å². The lowest BCUT2D eigenvalue weighted by molar-refractivity contribution is 0.102. The maximum atomic E-state index is 12.6. The number of rotatable bonds is 2. The number of thiophene rings is 1. The van der Waals surface area contributed by atoms with Crippen molar-refractivity contribution in [2.45, 2.75) is 39.0 Å². The van der Waals surface area contributed by atoms with Crippen molar-refractivity contribution in [3.8, 4) is 0 Å². The fourth-order valence-electron chi connectivity index (χ4n) is 2.78. The van der Waals surface area contributed by atoms with Crippen LogP contribution < -0.4 is 5.32 Å². The molecule has 0 unspecified atom stereocenters. The molecular weight excluding hydrogens is 302 g/mol. The van der Waals surface area contributed by atoms with E-state index in [4.69, 9.17) is 11.6 Å². The molecule has 110 valence electrons. The smallest absolute Gasteiger partial charge is 0.256 e. The maximum Gasteiger partial charge on any atom is 0.256 e. The number of carbonyl (C=O) groups is 1. The molecule has 0 saturated heterocycles. The number of benzene rings is 1. The fourth-order valence-corrected chi connectivity index (χ4v) is 4.08. The summed E-state index contributed by atoms with van der Waals surface area (Å²) in [5.41, 5.74) is 3.92. The lowest BCUT2D eigenvalue weighted by atomic mass is 10.1. The van der Waals surface area contributed by atoms with E-state index in [9.17, 15) is 4.79 Å². The van der Waals surface area contributed by atoms with E-state index in [0.717, 1.165) is 29.7 Å². The Morgan fingerprint density at radius 2 is 2.05 bits per heavy atom. The molecule has 1 aromatic heterocycles. The van der Waals surface area contributed by atoms with Crippen molar-refractivity contribution < 1.29 is 4.79 Å². The molecule has 4 heteroatoms. The van der Waals surface area contributed by atoms with Crippen LogP contribution in [-0.2, 0) is 12.8 Å². The van der Waals surface area contributed by atoms with Gasteiger partial charge in [0.1, 0.15) is 0 Å². The molecule has 3 rings (SSSR count). The first kappa shape index (κ1) is 14.6. The molecule has 0 radical (unpaired) electrons. The molecule has 1 amide bonds. The minimum Gasteiger partial charge on any atom is -0.322 e. The van der Waals surface area contributed by atoms with Gasteiger partial charge in [-0.2, -0.15) is 0 Å². The van der Waals surface area contributed by atoms with Crippen molar-refractivity contribution in [2.75, 3.05) is 5.32 Å². The van der Waals surface area contributed by atoms with Crippen molar-refractivity contribution in [1.82, 2.24) is 0 Å². The van der Waals surface area contributed by atoms with Gasteiger partial charge in [-0.3, -0.25) is 4.79 Å². The molecule has 1 heterocycles. The molecule has 0 bridgehead atoms. The number of carbonyl (C=O) groups excluding carboxylic acids is 1. The second-order valence-corrected chi connectivity index (χ2v) is 6.93. The van der Waals surface area contributed by atoms with Gasteiger partial charge >= 0.3 is 0 Å². The first-order chi connectivity index (χ1) is 10.1. The normalized spacial score (nSPS) is 14.4. The second-order valence-electron chi connectivity index (χ2n) is 5.53. The zero-order valence-electron chi connectivity index (χ0n) is 12.0. The third-order valence-corrected chi connectivity index (χ3v) is 5.33. The van der Waals surface area contributed by atoms with Crippen molar-refractivity contribution >= 4 is 34.5 Å². The highest BCUT2D eigenvalue weighted by atomic mass is 35.5. The van der Waals surface area contributed by atoms with Gasteiger partial charge in [0.25, 0.3) is 5.91 Å². The van der Waals surface area contributed by atoms with Crippen molar-refractivity contribution in [2.24, 2.45) is 0 Å². The summed E-state index contributed by atoms with van der Waals surface area (Å²) in [6.45, 7) is 1.97. The van der Waals surface area contributed by atoms with Gasteiger partial charge in [0.2, 0.25) is 0 Å². The van der Waals surface area contributed by atoms with Crippen molar-refractivity contribution in [3.63, 3.8) is 0 Å². The summed E-state index contributed by atoms with van der Waals surface area (Å²) >= 11 is 7.74. The summed E-state index contributed by atoms with van der Waals surface area (Å²) in [7, 11) is 0. The number of nitrogens with one attached hydrogen (secondary N) is 1. The van der Waals surface area contributed by atoms with E-state index in [1.54, 1.807) is 17.4 Å². The van der Waals surface area contributed by atoms with Gasteiger partial charge in [-0.15, -0.1) is 11.3 Å². The average molecular weight is 320 g/mol. The molecule has 1 aliphatic rings. The second kappa shape index (κ2) is 6.20. The quantitative estimate of drug-likeness (QED) is 0.754. The largest absolute Gasteiger partial charge is 0.322 e. The van der Waals surface area contributed by atoms with E-state index in [1.807, 2.05) is 24.4 Å². The Kier molecular flexibility index (Phi) is 4.32. The summed E-state index contributed by atoms with van der Waals surface area (Å²) in [6.07, 6.45) is 5.82. The number of fused-ring (bicyclic) bond motifs is 1. The van der Waals surface area contributed by atoms with Gasteiger partial charge < -0.3 is 5.32 Å². The molecule has 0 atom stereocenters. The van der Waals surface area contributed by atoms with Crippen LogP contribution in [0.15, 0.2) is 23.6 Å². The Labute approximate surface area is 134 Å². The molecule has 0 aliphatic heterocycles. The summed E-state index contributed by atoms with van der Waals surface area (Å²) in [5, 5.41) is 5.65. The molecule has 2 aromatic rings. The van der Waals surface area contributed by atoms with Crippen molar-refractivity contribution in [1.29, 1.82) is 0 Å². The van der Waals surface area contributed by atoms with Gasteiger partial charge in [0.05, 0.1) is 5.56 Å². The topological polar surface area (TPSA) is 29.1 Å². The minimum absolute atomic E-state index is 0.0141. The van der Waals surface area contributed by atoms with Crippen LogP contribution in [0.25, 0.3) is 0 Å². The highest BCUT2D eigenvalue weighted by Gasteiger charge is 2.19. The lowest BCUT2D eigenvalue weighted by Crippen LogP contribution is -2.14. The van der Waals surface area contributed by atoms with E-state index in [1.165, 1.54) is 29.7 Å². The highest BCUT2D eigenvalue weighted by Crippen LogP contribution is 2.30. The van der Waals surface area contributed by atoms with Gasteiger partial charge in [-0.25, -0.2) is 0 Å². The molecule has 1 aromatic carbocycles. The molecule has 0 fully saturated rings. The van der Waals surface area contributed by atoms with Crippen LogP contribution in [0.3, 0.4) is 0 Å². The van der Waals surface area contributed by atoms with E-state index in [2.05, 4.69) is 5.32 Å². The molecular formula is C17H18ClNOS. The number of hydrogen-bond donors (Lipinski definition) is 1. The van der Waals surface area contributed by atoms with Gasteiger partial charge in [-0.1, -0.05) is 24.1 Å². The Hall–Kier alpha value is -1.32. The number of amides is 1. The Morgan fingerprint density at radius 3 is 2.90 bits per heavy atom. The summed E-state index contributed by atoms with van der Waals surface area (Å²) in [5.74, 6) is -0.0141. The Bertz CT molecular complexity index is 677. The molecule has 1 N–H and O–H groups in total. The SMILES string of the molecule is Cc1ccc(Cl)cc1NC(=O)c1csc2c1CCCCC2. The number of halogens is 1. The molecule has 2 nitrogen and oxygen atoms in total. The average Bonchev–Trinajstić information content (AvgIpc) is 2.72. The molecule has 1 aliphatic carbocycles. The first-order valence-corrected chi connectivity index (χ1v) is 8.57. The number of anilines is 1. The van der Waals surface area contributed by atoms with E-state index < -0.39 is 0 Å². The van der Waals surface area contributed by atoms with Crippen LogP contribution in [0.4, 0.5) is 5.69 Å². The van der Waals surface area contributed by atoms with Gasteiger partial charge in [0, 0.05) is 21.0 Å². The zero-order chi connectivity index (χ0) is 14.8. The zero-order valence-corrected chi connectivity index (χ0v) is 13.6. The number of hydrogen-bond acceptors (Lipinski definition) is 2. The van der Waals surface area contributed by atoms with Crippen LogP contribution in [-0.4, -0.2) is 5.91 Å². The standard InChI is InChI=1S/C17H18ClNOS/c1-11-7-8-12(18)9-15(11)19-17(20)14-10-21-16-6-4-2-3-5-13(14)16/h7-10H,2-6H2,1H3,(H,19,20). The molecule has 0 saturated carbocycles. The minimum atomic E-state index is -0.0141. The van der Waals surface area contributed by atoms with Crippen LogP contribution in [0.5, 0.6) is 0 Å². The highest BCUT2D eigenvalue weighted by molar-refractivity contribution is 7.10. The predicted molar refractivity (Wildman–Crippen MR) is 89.7 cm³/mol. The third kappa shape index (κ3) is 3.14. The first-order valence-electron chi connectivity index (χ1n) is 7.32. The van der Waals surface area contributed by atoms with E-state index in [-0.39, 0.29) is 5.91 Å². The predicted octanol–water partition coefficient (Wildman–Crippen LogP) is 5.23. The van der Waals surface area contributed by atoms with Crippen molar-refractivity contribution in [3.05, 3.63) is 50.2 Å². The summed E-state index contributed by atoms with van der Waals surface area (Å²) in [6, 6.07) is 5.56.